The summed E-state index contributed by atoms with van der Waals surface area (Å²) in [6, 6.07) is -4.45. The molecule has 0 radical (unpaired) electrons. The van der Waals surface area contributed by atoms with E-state index in [-0.39, 0.29) is 12.8 Å². The molecule has 0 aromatic rings. The van der Waals surface area contributed by atoms with Gasteiger partial charge in [-0.25, -0.2) is 0 Å². The number of aliphatic carboxylic acids is 1. The maximum absolute atomic E-state index is 13.3. The van der Waals surface area contributed by atoms with Crippen LogP contribution in [0.1, 0.15) is 52.9 Å². The first-order chi connectivity index (χ1) is 20.7. The van der Waals surface area contributed by atoms with Crippen LogP contribution < -0.4 is 43.0 Å². The van der Waals surface area contributed by atoms with E-state index in [1.54, 1.807) is 13.8 Å². The first kappa shape index (κ1) is 37.7. The quantitative estimate of drug-likeness (QED) is 0.0648. The van der Waals surface area contributed by atoms with E-state index in [0.717, 1.165) is 6.42 Å². The van der Waals surface area contributed by atoms with Gasteiger partial charge in [0.05, 0.1) is 25.2 Å². The Bertz CT molecular complexity index is 1060. The van der Waals surface area contributed by atoms with Gasteiger partial charge in [0, 0.05) is 6.42 Å². The Hall–Kier alpha value is -4.32. The number of hydrogen-bond acceptors (Lipinski definition) is 10. The van der Waals surface area contributed by atoms with E-state index in [1.807, 2.05) is 5.32 Å². The second kappa shape index (κ2) is 19.1. The van der Waals surface area contributed by atoms with Gasteiger partial charge in [0.15, 0.2) is 0 Å². The SMILES string of the molecule is CC[C@H](C)[C@H](NC(=O)[C@H](CCC(N)=O)NC(=O)[C@@H]1CCCN1)C(=O)N[C@H](C(=O)NCC(=O)NCC(=O)NCC(=O)O)[C@@H](C)O. The minimum absolute atomic E-state index is 0.115. The molecule has 11 N–H and O–H groups in total. The highest BCUT2D eigenvalue weighted by Crippen LogP contribution is 2.11. The topological polar surface area (TPSA) is 287 Å². The zero-order valence-corrected chi connectivity index (χ0v) is 25.1. The van der Waals surface area contributed by atoms with Crippen LogP contribution in [0.4, 0.5) is 0 Å². The molecule has 0 aromatic heterocycles. The number of carboxylic acids is 1. The molecule has 248 valence electrons. The third-order valence-electron chi connectivity index (χ3n) is 6.85. The Morgan fingerprint density at radius 3 is 1.95 bits per heavy atom. The van der Waals surface area contributed by atoms with Crippen LogP contribution in [-0.4, -0.2) is 114 Å². The number of nitrogens with two attached hydrogens (primary N) is 1. The molecule has 0 spiro atoms. The van der Waals surface area contributed by atoms with Crippen molar-refractivity contribution in [2.45, 2.75) is 83.1 Å². The Kier molecular flexibility index (Phi) is 16.3. The summed E-state index contributed by atoms with van der Waals surface area (Å²) in [5.74, 6) is -6.97. The van der Waals surface area contributed by atoms with Gasteiger partial charge < -0.3 is 53.2 Å². The van der Waals surface area contributed by atoms with Crippen molar-refractivity contribution >= 4 is 47.3 Å². The molecule has 1 aliphatic rings. The molecule has 7 amide bonds. The van der Waals surface area contributed by atoms with Gasteiger partial charge in [0.2, 0.25) is 41.4 Å². The maximum Gasteiger partial charge on any atom is 0.322 e. The van der Waals surface area contributed by atoms with E-state index in [0.29, 0.717) is 19.4 Å². The lowest BCUT2D eigenvalue weighted by atomic mass is 9.96. The summed E-state index contributed by atoms with van der Waals surface area (Å²) in [5.41, 5.74) is 5.24. The van der Waals surface area contributed by atoms with E-state index in [1.165, 1.54) is 6.92 Å². The van der Waals surface area contributed by atoms with Gasteiger partial charge in [0.25, 0.3) is 0 Å². The van der Waals surface area contributed by atoms with E-state index < -0.39 is 103 Å². The lowest BCUT2D eigenvalue weighted by Gasteiger charge is -2.29. The van der Waals surface area contributed by atoms with Gasteiger partial charge >= 0.3 is 5.97 Å². The van der Waals surface area contributed by atoms with Crippen molar-refractivity contribution in [1.29, 1.82) is 0 Å². The van der Waals surface area contributed by atoms with Crippen molar-refractivity contribution in [2.75, 3.05) is 26.2 Å². The minimum Gasteiger partial charge on any atom is -0.480 e. The summed E-state index contributed by atoms with van der Waals surface area (Å²) in [6.07, 6.45) is 0.00647. The van der Waals surface area contributed by atoms with Crippen LogP contribution in [0.5, 0.6) is 0 Å². The summed E-state index contributed by atoms with van der Waals surface area (Å²) in [6.45, 7) is 3.47. The predicted molar refractivity (Wildman–Crippen MR) is 153 cm³/mol. The first-order valence-electron chi connectivity index (χ1n) is 14.3. The molecule has 6 atom stereocenters. The molecule has 1 fully saturated rings. The van der Waals surface area contributed by atoms with Crippen molar-refractivity contribution in [3.63, 3.8) is 0 Å². The number of aliphatic hydroxyl groups excluding tert-OH is 1. The van der Waals surface area contributed by atoms with Crippen LogP contribution in [0.25, 0.3) is 0 Å². The van der Waals surface area contributed by atoms with Gasteiger partial charge in [-0.2, -0.15) is 0 Å². The van der Waals surface area contributed by atoms with Crippen molar-refractivity contribution in [3.05, 3.63) is 0 Å². The molecule has 0 unspecified atom stereocenters. The number of amides is 7. The van der Waals surface area contributed by atoms with Gasteiger partial charge in [-0.05, 0) is 38.6 Å². The van der Waals surface area contributed by atoms with Gasteiger partial charge in [0.1, 0.15) is 24.7 Å². The molecular formula is C26H44N8O10. The fraction of sp³-hybridized carbons (Fsp3) is 0.692. The number of carbonyl (C=O) groups excluding carboxylic acids is 7. The van der Waals surface area contributed by atoms with Crippen LogP contribution in [-0.2, 0) is 38.4 Å². The molecule has 44 heavy (non-hydrogen) atoms. The second-order valence-corrected chi connectivity index (χ2v) is 10.5. The summed E-state index contributed by atoms with van der Waals surface area (Å²) in [4.78, 5) is 97.3. The van der Waals surface area contributed by atoms with Crippen LogP contribution >= 0.6 is 0 Å². The molecule has 1 aliphatic heterocycles. The number of hydrogen-bond donors (Lipinski definition) is 10. The Morgan fingerprint density at radius 2 is 1.43 bits per heavy atom. The average Bonchev–Trinajstić information content (AvgIpc) is 3.51. The number of carboxylic acid groups (broad SMARTS) is 1. The van der Waals surface area contributed by atoms with Crippen molar-refractivity contribution in [3.8, 4) is 0 Å². The van der Waals surface area contributed by atoms with E-state index in [4.69, 9.17) is 10.8 Å². The van der Waals surface area contributed by atoms with Gasteiger partial charge in [-0.3, -0.25) is 38.4 Å². The highest BCUT2D eigenvalue weighted by atomic mass is 16.4. The Labute approximate surface area is 254 Å². The average molecular weight is 629 g/mol. The molecule has 1 saturated heterocycles. The Morgan fingerprint density at radius 1 is 0.841 bits per heavy atom. The molecule has 0 aromatic carbocycles. The highest BCUT2D eigenvalue weighted by molar-refractivity contribution is 5.96. The Balaban J connectivity index is 2.88. The largest absolute Gasteiger partial charge is 0.480 e. The molecular weight excluding hydrogens is 584 g/mol. The fourth-order valence-corrected chi connectivity index (χ4v) is 4.10. The van der Waals surface area contributed by atoms with Crippen LogP contribution in [0.15, 0.2) is 0 Å². The van der Waals surface area contributed by atoms with E-state index in [9.17, 15) is 43.5 Å². The van der Waals surface area contributed by atoms with Crippen molar-refractivity contribution in [1.82, 2.24) is 37.2 Å². The van der Waals surface area contributed by atoms with Crippen LogP contribution in [0, 0.1) is 5.92 Å². The summed E-state index contributed by atoms with van der Waals surface area (Å²) in [7, 11) is 0. The molecule has 0 saturated carbocycles. The van der Waals surface area contributed by atoms with Crippen LogP contribution in [0.3, 0.4) is 0 Å². The number of carbonyl (C=O) groups is 8. The summed E-state index contributed by atoms with van der Waals surface area (Å²) >= 11 is 0. The van der Waals surface area contributed by atoms with Gasteiger partial charge in [-0.15, -0.1) is 0 Å². The summed E-state index contributed by atoms with van der Waals surface area (Å²) < 4.78 is 0. The van der Waals surface area contributed by atoms with E-state index in [2.05, 4.69) is 31.9 Å². The minimum atomic E-state index is -1.54. The number of nitrogens with one attached hydrogen (secondary N) is 7. The molecule has 18 nitrogen and oxygen atoms in total. The van der Waals surface area contributed by atoms with Crippen LogP contribution in [0.2, 0.25) is 0 Å². The molecule has 18 heteroatoms. The molecule has 0 bridgehead atoms. The maximum atomic E-state index is 13.3. The second-order valence-electron chi connectivity index (χ2n) is 10.5. The lowest BCUT2D eigenvalue weighted by Crippen LogP contribution is -2.61. The molecule has 0 aliphatic carbocycles. The number of rotatable bonds is 19. The standard InChI is InChI=1S/C26H44N8O10/c1-4-13(2)21(33-24(42)16(7-8-17(27)36)32-23(41)15-6-5-9-28-15)26(44)34-22(14(3)35)25(43)31-11-19(38)29-10-18(37)30-12-20(39)40/h13-16,21-22,28,35H,4-12H2,1-3H3,(H2,27,36)(H,29,38)(H,30,37)(H,31,43)(H,32,41)(H,33,42)(H,34,44)(H,39,40)/t13-,14+,15-,16-,21-,22-/m0/s1. The molecule has 1 rings (SSSR count). The van der Waals surface area contributed by atoms with Gasteiger partial charge in [-0.1, -0.05) is 20.3 Å². The predicted octanol–water partition coefficient (Wildman–Crippen LogP) is -4.68. The zero-order chi connectivity index (χ0) is 33.4. The van der Waals surface area contributed by atoms with Crippen molar-refractivity contribution in [2.24, 2.45) is 11.7 Å². The fourth-order valence-electron chi connectivity index (χ4n) is 4.10. The van der Waals surface area contributed by atoms with E-state index >= 15 is 0 Å². The third kappa shape index (κ3) is 13.8. The lowest BCUT2D eigenvalue weighted by molar-refractivity contribution is -0.138. The summed E-state index contributed by atoms with van der Waals surface area (Å²) in [5, 5.41) is 35.7. The van der Waals surface area contributed by atoms with Crippen molar-refractivity contribution < 1.29 is 48.6 Å². The molecule has 1 heterocycles. The normalized spacial score (nSPS) is 17.5. The number of primary amides is 1. The monoisotopic (exact) mass is 628 g/mol. The third-order valence-corrected chi connectivity index (χ3v) is 6.85. The number of aliphatic hydroxyl groups is 1. The smallest absolute Gasteiger partial charge is 0.322 e. The first-order valence-corrected chi connectivity index (χ1v) is 14.3. The zero-order valence-electron chi connectivity index (χ0n) is 25.1. The highest BCUT2D eigenvalue weighted by Gasteiger charge is 2.34.